The van der Waals surface area contributed by atoms with Gasteiger partial charge in [0.25, 0.3) is 0 Å². The Morgan fingerprint density at radius 3 is 2.58 bits per heavy atom. The minimum absolute atomic E-state index is 0.0978. The Labute approximate surface area is 113 Å². The molecule has 1 saturated heterocycles. The molecule has 0 bridgehead atoms. The summed E-state index contributed by atoms with van der Waals surface area (Å²) in [6, 6.07) is 0.768. The Morgan fingerprint density at radius 1 is 1.16 bits per heavy atom. The van der Waals surface area contributed by atoms with Crippen molar-refractivity contribution in [3.8, 4) is 0 Å². The Bertz CT molecular complexity index is 460. The number of likely N-dealkylation sites (tertiary alicyclic amines) is 1. The van der Waals surface area contributed by atoms with Crippen LogP contribution in [0.2, 0.25) is 0 Å². The van der Waals surface area contributed by atoms with E-state index in [-0.39, 0.29) is 5.92 Å². The fourth-order valence-electron chi connectivity index (χ4n) is 3.56. The van der Waals surface area contributed by atoms with Crippen LogP contribution in [0.4, 0.5) is 0 Å². The van der Waals surface area contributed by atoms with Gasteiger partial charge in [-0.05, 0) is 46.0 Å². The second-order valence-electron chi connectivity index (χ2n) is 6.03. The first-order valence-electron chi connectivity index (χ1n) is 7.37. The fourth-order valence-corrected chi connectivity index (χ4v) is 3.56. The second kappa shape index (κ2) is 4.94. The van der Waals surface area contributed by atoms with Gasteiger partial charge in [0.15, 0.2) is 0 Å². The molecule has 2 aliphatic rings. The Hall–Kier alpha value is -1.39. The molecular formula is C14H22N4O. The Kier molecular flexibility index (Phi) is 3.29. The smallest absolute Gasteiger partial charge is 0.226 e. The van der Waals surface area contributed by atoms with Gasteiger partial charge >= 0.3 is 0 Å². The highest BCUT2D eigenvalue weighted by Crippen LogP contribution is 2.29. The van der Waals surface area contributed by atoms with Gasteiger partial charge in [0.05, 0.1) is 11.4 Å². The van der Waals surface area contributed by atoms with Gasteiger partial charge in [-0.1, -0.05) is 0 Å². The molecule has 5 nitrogen and oxygen atoms in total. The van der Waals surface area contributed by atoms with Crippen molar-refractivity contribution in [2.45, 2.75) is 64.5 Å². The lowest BCUT2D eigenvalue weighted by Crippen LogP contribution is -2.50. The number of nitrogens with zero attached hydrogens (tertiary/aromatic N) is 3. The largest absolute Gasteiger partial charge is 0.337 e. The molecule has 0 radical (unpaired) electrons. The standard InChI is InChI=1S/C14H22N4O/c1-9-4-3-5-10(2)18(9)14(19)11-6-7-12-13(8-11)16-17-15-12/h9-11H,3-8H2,1-2H3,(H,15,16,17). The summed E-state index contributed by atoms with van der Waals surface area (Å²) in [5.74, 6) is 0.425. The predicted molar refractivity (Wildman–Crippen MR) is 71.5 cm³/mol. The van der Waals surface area contributed by atoms with Crippen LogP contribution in [0, 0.1) is 5.92 Å². The Balaban J connectivity index is 1.74. The third-order valence-electron chi connectivity index (χ3n) is 4.67. The lowest BCUT2D eigenvalue weighted by molar-refractivity contribution is -0.142. The normalized spacial score (nSPS) is 31.1. The minimum atomic E-state index is 0.0978. The maximum absolute atomic E-state index is 12.8. The van der Waals surface area contributed by atoms with Crippen LogP contribution in [0.3, 0.4) is 0 Å². The van der Waals surface area contributed by atoms with E-state index in [1.807, 2.05) is 0 Å². The summed E-state index contributed by atoms with van der Waals surface area (Å²) in [5, 5.41) is 11.0. The molecule has 1 N–H and O–H groups in total. The van der Waals surface area contributed by atoms with Gasteiger partial charge < -0.3 is 4.90 Å². The fraction of sp³-hybridized carbons (Fsp3) is 0.786. The van der Waals surface area contributed by atoms with Crippen molar-refractivity contribution in [1.82, 2.24) is 20.3 Å². The molecule has 104 valence electrons. The summed E-state index contributed by atoms with van der Waals surface area (Å²) in [7, 11) is 0. The molecule has 1 fully saturated rings. The average molecular weight is 262 g/mol. The summed E-state index contributed by atoms with van der Waals surface area (Å²) >= 11 is 0. The molecule has 1 aromatic heterocycles. The van der Waals surface area contributed by atoms with Gasteiger partial charge in [0.1, 0.15) is 0 Å². The molecule has 1 aliphatic carbocycles. The van der Waals surface area contributed by atoms with Gasteiger partial charge in [-0.2, -0.15) is 15.4 Å². The van der Waals surface area contributed by atoms with Crippen LogP contribution in [0.1, 0.15) is 50.9 Å². The number of nitrogens with one attached hydrogen (secondary N) is 1. The molecule has 3 unspecified atom stereocenters. The van der Waals surface area contributed by atoms with E-state index < -0.39 is 0 Å². The summed E-state index contributed by atoms with van der Waals surface area (Å²) in [6.45, 7) is 4.36. The quantitative estimate of drug-likeness (QED) is 0.838. The van der Waals surface area contributed by atoms with E-state index in [9.17, 15) is 4.79 Å². The van der Waals surface area contributed by atoms with Gasteiger partial charge in [-0.3, -0.25) is 4.79 Å². The maximum Gasteiger partial charge on any atom is 0.226 e. The number of rotatable bonds is 1. The van der Waals surface area contributed by atoms with Crippen LogP contribution in [0.25, 0.3) is 0 Å². The molecule has 1 aromatic rings. The van der Waals surface area contributed by atoms with Crippen molar-refractivity contribution in [3.05, 3.63) is 11.4 Å². The lowest BCUT2D eigenvalue weighted by atomic mass is 9.86. The van der Waals surface area contributed by atoms with Crippen LogP contribution >= 0.6 is 0 Å². The number of hydrogen-bond donors (Lipinski definition) is 1. The molecule has 1 amide bonds. The van der Waals surface area contributed by atoms with E-state index in [1.165, 1.54) is 6.42 Å². The number of fused-ring (bicyclic) bond motifs is 1. The van der Waals surface area contributed by atoms with Crippen LogP contribution in [0.5, 0.6) is 0 Å². The molecule has 19 heavy (non-hydrogen) atoms. The summed E-state index contributed by atoms with van der Waals surface area (Å²) < 4.78 is 0. The first-order valence-corrected chi connectivity index (χ1v) is 7.37. The molecular weight excluding hydrogens is 240 g/mol. The molecule has 3 rings (SSSR count). The summed E-state index contributed by atoms with van der Waals surface area (Å²) in [4.78, 5) is 14.9. The third-order valence-corrected chi connectivity index (χ3v) is 4.67. The first kappa shape index (κ1) is 12.6. The van der Waals surface area contributed by atoms with E-state index in [2.05, 4.69) is 34.2 Å². The summed E-state index contributed by atoms with van der Waals surface area (Å²) in [6.07, 6.45) is 6.05. The van der Waals surface area contributed by atoms with Crippen molar-refractivity contribution in [3.63, 3.8) is 0 Å². The highest BCUT2D eigenvalue weighted by atomic mass is 16.2. The van der Waals surface area contributed by atoms with Crippen LogP contribution in [-0.4, -0.2) is 38.3 Å². The van der Waals surface area contributed by atoms with Crippen molar-refractivity contribution >= 4 is 5.91 Å². The van der Waals surface area contributed by atoms with Gasteiger partial charge in [-0.15, -0.1) is 0 Å². The highest BCUT2D eigenvalue weighted by Gasteiger charge is 2.35. The number of carbonyl (C=O) groups excluding carboxylic acids is 1. The lowest BCUT2D eigenvalue weighted by Gasteiger charge is -2.41. The van der Waals surface area contributed by atoms with E-state index in [1.54, 1.807) is 0 Å². The molecule has 0 aromatic carbocycles. The van der Waals surface area contributed by atoms with Crippen molar-refractivity contribution in [1.29, 1.82) is 0 Å². The number of piperidine rings is 1. The number of hydrogen-bond acceptors (Lipinski definition) is 3. The van der Waals surface area contributed by atoms with Crippen LogP contribution in [-0.2, 0) is 17.6 Å². The Morgan fingerprint density at radius 2 is 1.84 bits per heavy atom. The topological polar surface area (TPSA) is 61.9 Å². The van der Waals surface area contributed by atoms with E-state index in [0.717, 1.165) is 43.5 Å². The van der Waals surface area contributed by atoms with E-state index in [4.69, 9.17) is 0 Å². The molecule has 5 heteroatoms. The summed E-state index contributed by atoms with van der Waals surface area (Å²) in [5.41, 5.74) is 2.03. The highest BCUT2D eigenvalue weighted by molar-refractivity contribution is 5.80. The molecule has 0 saturated carbocycles. The van der Waals surface area contributed by atoms with Gasteiger partial charge in [0, 0.05) is 24.4 Å². The molecule has 3 atom stereocenters. The monoisotopic (exact) mass is 262 g/mol. The number of amides is 1. The second-order valence-corrected chi connectivity index (χ2v) is 6.03. The zero-order valence-electron chi connectivity index (χ0n) is 11.7. The first-order chi connectivity index (χ1) is 9.16. The van der Waals surface area contributed by atoms with Gasteiger partial charge in [0.2, 0.25) is 5.91 Å². The van der Waals surface area contributed by atoms with Crippen LogP contribution < -0.4 is 0 Å². The van der Waals surface area contributed by atoms with Crippen LogP contribution in [0.15, 0.2) is 0 Å². The maximum atomic E-state index is 12.8. The molecule has 2 heterocycles. The van der Waals surface area contributed by atoms with E-state index >= 15 is 0 Å². The number of aromatic amines is 1. The third kappa shape index (κ3) is 2.26. The molecule has 1 aliphatic heterocycles. The number of aryl methyl sites for hydroxylation is 1. The van der Waals surface area contributed by atoms with E-state index in [0.29, 0.717) is 18.0 Å². The predicted octanol–water partition coefficient (Wildman–Crippen LogP) is 1.70. The van der Waals surface area contributed by atoms with Crippen molar-refractivity contribution < 1.29 is 4.79 Å². The van der Waals surface area contributed by atoms with Gasteiger partial charge in [-0.25, -0.2) is 0 Å². The average Bonchev–Trinajstić information content (AvgIpc) is 2.85. The molecule has 0 spiro atoms. The zero-order valence-corrected chi connectivity index (χ0v) is 11.7. The SMILES string of the molecule is CC1CCCC(C)N1C(=O)C1CCc2n[nH]nc2C1. The number of carbonyl (C=O) groups is 1. The number of H-pyrrole nitrogens is 1. The van der Waals surface area contributed by atoms with Crippen molar-refractivity contribution in [2.75, 3.05) is 0 Å². The van der Waals surface area contributed by atoms with Crippen molar-refractivity contribution in [2.24, 2.45) is 5.92 Å². The zero-order chi connectivity index (χ0) is 13.4. The minimum Gasteiger partial charge on any atom is -0.337 e. The number of aromatic nitrogens is 3.